The highest BCUT2D eigenvalue weighted by Crippen LogP contribution is 2.39. The van der Waals surface area contributed by atoms with E-state index >= 15 is 0 Å². The second-order valence-electron chi connectivity index (χ2n) is 8.63. The molecule has 0 aliphatic heterocycles. The summed E-state index contributed by atoms with van der Waals surface area (Å²) in [6.07, 6.45) is 2.55. The number of hydrogen-bond acceptors (Lipinski definition) is 6. The van der Waals surface area contributed by atoms with Crippen LogP contribution in [0.3, 0.4) is 0 Å². The molecule has 2 aromatic heterocycles. The lowest BCUT2D eigenvalue weighted by Crippen LogP contribution is -2.27. The molecule has 0 bridgehead atoms. The summed E-state index contributed by atoms with van der Waals surface area (Å²) in [5.74, 6) is 0.142. The molecule has 2 heterocycles. The van der Waals surface area contributed by atoms with Gasteiger partial charge in [-0.3, -0.25) is 9.59 Å². The number of aromatic nitrogens is 4. The van der Waals surface area contributed by atoms with E-state index in [2.05, 4.69) is 32.4 Å². The Morgan fingerprint density at radius 1 is 1.17 bits per heavy atom. The molecule has 0 spiro atoms. The smallest absolute Gasteiger partial charge is 0.251 e. The van der Waals surface area contributed by atoms with Crippen molar-refractivity contribution in [1.82, 2.24) is 25.1 Å². The van der Waals surface area contributed by atoms with Gasteiger partial charge in [0.15, 0.2) is 5.82 Å². The molecule has 0 saturated carbocycles. The Morgan fingerprint density at radius 3 is 2.60 bits per heavy atom. The Labute approximate surface area is 203 Å². The minimum Gasteiger partial charge on any atom is -0.382 e. The molecule has 9 nitrogen and oxygen atoms in total. The molecule has 35 heavy (non-hydrogen) atoms. The average Bonchev–Trinajstić information content (AvgIpc) is 3.23. The van der Waals surface area contributed by atoms with E-state index in [4.69, 9.17) is 5.73 Å². The maximum Gasteiger partial charge on any atom is 0.251 e. The quantitative estimate of drug-likeness (QED) is 0.353. The van der Waals surface area contributed by atoms with Gasteiger partial charge in [0.2, 0.25) is 5.91 Å². The zero-order valence-corrected chi connectivity index (χ0v) is 19.9. The molecule has 4 aromatic rings. The monoisotopic (exact) mass is 469 g/mol. The standard InChI is InChI=1S/C26H27N7O2/c1-5-21(34)31-20-12-16(4)6-11-19(20)23-22(24-25(27)29-14-30-33(24)32-23)17-7-9-18(10-8-17)26(35)28-13-15(2)3/h5-12,14-15H,1,13H2,2-4H3,(H,28,35)(H,31,34)(H2,27,29,30). The molecule has 0 aliphatic rings. The number of anilines is 2. The highest BCUT2D eigenvalue weighted by molar-refractivity contribution is 6.05. The van der Waals surface area contributed by atoms with E-state index in [1.54, 1.807) is 12.1 Å². The highest BCUT2D eigenvalue weighted by atomic mass is 16.2. The summed E-state index contributed by atoms with van der Waals surface area (Å²) in [5.41, 5.74) is 11.6. The van der Waals surface area contributed by atoms with Crippen LogP contribution < -0.4 is 16.4 Å². The van der Waals surface area contributed by atoms with Crippen LogP contribution in [0.25, 0.3) is 27.9 Å². The zero-order valence-electron chi connectivity index (χ0n) is 19.9. The molecule has 2 aromatic carbocycles. The van der Waals surface area contributed by atoms with E-state index < -0.39 is 0 Å². The number of rotatable bonds is 7. The normalized spacial score (nSPS) is 11.0. The summed E-state index contributed by atoms with van der Waals surface area (Å²) >= 11 is 0. The lowest BCUT2D eigenvalue weighted by atomic mass is 9.97. The van der Waals surface area contributed by atoms with Crippen LogP contribution in [0.4, 0.5) is 11.5 Å². The van der Waals surface area contributed by atoms with Crippen LogP contribution in [-0.4, -0.2) is 38.2 Å². The van der Waals surface area contributed by atoms with E-state index in [-0.39, 0.29) is 17.6 Å². The maximum atomic E-state index is 12.5. The summed E-state index contributed by atoms with van der Waals surface area (Å²) in [6.45, 7) is 10.2. The first-order chi connectivity index (χ1) is 16.8. The Kier molecular flexibility index (Phi) is 6.59. The number of nitrogen functional groups attached to an aromatic ring is 1. The third-order valence-corrected chi connectivity index (χ3v) is 5.45. The predicted molar refractivity (Wildman–Crippen MR) is 137 cm³/mol. The first-order valence-electron chi connectivity index (χ1n) is 11.2. The van der Waals surface area contributed by atoms with Gasteiger partial charge in [-0.2, -0.15) is 0 Å². The topological polar surface area (TPSA) is 127 Å². The van der Waals surface area contributed by atoms with Crippen LogP contribution in [0, 0.1) is 12.8 Å². The fourth-order valence-corrected chi connectivity index (χ4v) is 3.72. The average molecular weight is 470 g/mol. The number of aryl methyl sites for hydroxylation is 1. The number of nitrogens with two attached hydrogens (primary N) is 1. The Balaban J connectivity index is 1.87. The molecule has 0 fully saturated rings. The van der Waals surface area contributed by atoms with Gasteiger partial charge in [0.05, 0.1) is 5.69 Å². The van der Waals surface area contributed by atoms with E-state index in [1.165, 1.54) is 17.0 Å². The molecule has 178 valence electrons. The Hall–Kier alpha value is -4.53. The van der Waals surface area contributed by atoms with E-state index in [0.717, 1.165) is 11.1 Å². The third-order valence-electron chi connectivity index (χ3n) is 5.45. The van der Waals surface area contributed by atoms with Crippen LogP contribution in [0.15, 0.2) is 61.4 Å². The first kappa shape index (κ1) is 23.6. The number of amides is 2. The minimum atomic E-state index is -0.335. The molecule has 0 atom stereocenters. The van der Waals surface area contributed by atoms with Crippen molar-refractivity contribution < 1.29 is 9.59 Å². The maximum absolute atomic E-state index is 12.5. The minimum absolute atomic E-state index is 0.138. The number of carbonyl (C=O) groups is 2. The van der Waals surface area contributed by atoms with Gasteiger partial charge < -0.3 is 16.4 Å². The van der Waals surface area contributed by atoms with Gasteiger partial charge in [-0.1, -0.05) is 44.7 Å². The molecule has 0 saturated heterocycles. The van der Waals surface area contributed by atoms with Crippen molar-refractivity contribution in [3.05, 3.63) is 72.6 Å². The molecule has 4 rings (SSSR count). The number of carbonyl (C=O) groups excluding carboxylic acids is 2. The largest absolute Gasteiger partial charge is 0.382 e. The number of hydrogen-bond donors (Lipinski definition) is 3. The summed E-state index contributed by atoms with van der Waals surface area (Å²) in [5, 5.41) is 14.7. The number of nitrogens with zero attached hydrogens (tertiary/aromatic N) is 4. The van der Waals surface area contributed by atoms with E-state index in [9.17, 15) is 9.59 Å². The lowest BCUT2D eigenvalue weighted by molar-refractivity contribution is -0.111. The van der Waals surface area contributed by atoms with Gasteiger partial charge in [0.1, 0.15) is 17.5 Å². The van der Waals surface area contributed by atoms with Gasteiger partial charge in [-0.15, -0.1) is 14.8 Å². The van der Waals surface area contributed by atoms with E-state index in [1.807, 2.05) is 51.1 Å². The van der Waals surface area contributed by atoms with Gasteiger partial charge in [0, 0.05) is 23.2 Å². The van der Waals surface area contributed by atoms with Crippen molar-refractivity contribution in [2.45, 2.75) is 20.8 Å². The molecule has 9 heteroatoms. The Morgan fingerprint density at radius 2 is 1.91 bits per heavy atom. The van der Waals surface area contributed by atoms with Crippen LogP contribution >= 0.6 is 0 Å². The van der Waals surface area contributed by atoms with Crippen molar-refractivity contribution in [2.75, 3.05) is 17.6 Å². The highest BCUT2D eigenvalue weighted by Gasteiger charge is 2.22. The molecule has 4 N–H and O–H groups in total. The summed E-state index contributed by atoms with van der Waals surface area (Å²) in [6, 6.07) is 12.9. The number of fused-ring (bicyclic) bond motifs is 1. The molecular formula is C26H27N7O2. The van der Waals surface area contributed by atoms with Crippen molar-refractivity contribution >= 4 is 28.8 Å². The van der Waals surface area contributed by atoms with Crippen molar-refractivity contribution in [2.24, 2.45) is 5.92 Å². The molecule has 0 radical (unpaired) electrons. The van der Waals surface area contributed by atoms with Crippen molar-refractivity contribution in [1.29, 1.82) is 0 Å². The fraction of sp³-hybridized carbons (Fsp3) is 0.192. The summed E-state index contributed by atoms with van der Waals surface area (Å²) in [4.78, 5) is 28.8. The first-order valence-corrected chi connectivity index (χ1v) is 11.2. The Bertz CT molecular complexity index is 1420. The fourth-order valence-electron chi connectivity index (χ4n) is 3.72. The van der Waals surface area contributed by atoms with Gasteiger partial charge in [-0.25, -0.2) is 4.98 Å². The lowest BCUT2D eigenvalue weighted by Gasteiger charge is -2.12. The second kappa shape index (κ2) is 9.76. The molecule has 0 aliphatic carbocycles. The number of benzene rings is 2. The third kappa shape index (κ3) is 4.89. The summed E-state index contributed by atoms with van der Waals surface area (Å²) < 4.78 is 1.43. The summed E-state index contributed by atoms with van der Waals surface area (Å²) in [7, 11) is 0. The SMILES string of the molecule is C=CC(=O)Nc1cc(C)ccc1-c1nn2ncnc(N)c2c1-c1ccc(C(=O)NCC(C)C)cc1. The van der Waals surface area contributed by atoms with Crippen LogP contribution in [0.2, 0.25) is 0 Å². The van der Waals surface area contributed by atoms with Crippen molar-refractivity contribution in [3.8, 4) is 22.4 Å². The van der Waals surface area contributed by atoms with Crippen LogP contribution in [0.5, 0.6) is 0 Å². The van der Waals surface area contributed by atoms with Gasteiger partial charge in [0.25, 0.3) is 5.91 Å². The predicted octanol–water partition coefficient (Wildman–Crippen LogP) is 3.86. The molecule has 2 amide bonds. The van der Waals surface area contributed by atoms with Crippen LogP contribution in [0.1, 0.15) is 29.8 Å². The number of nitrogens with one attached hydrogen (secondary N) is 2. The van der Waals surface area contributed by atoms with Gasteiger partial charge in [-0.05, 0) is 48.2 Å². The zero-order chi connectivity index (χ0) is 25.1. The molecule has 0 unspecified atom stereocenters. The van der Waals surface area contributed by atoms with Crippen LogP contribution in [-0.2, 0) is 4.79 Å². The second-order valence-corrected chi connectivity index (χ2v) is 8.63. The van der Waals surface area contributed by atoms with Crippen molar-refractivity contribution in [3.63, 3.8) is 0 Å². The van der Waals surface area contributed by atoms with Gasteiger partial charge >= 0.3 is 0 Å². The molecular weight excluding hydrogens is 442 g/mol. The van der Waals surface area contributed by atoms with E-state index in [0.29, 0.717) is 46.1 Å².